The van der Waals surface area contributed by atoms with Crippen molar-refractivity contribution < 1.29 is 8.42 Å². The van der Waals surface area contributed by atoms with Crippen LogP contribution in [-0.2, 0) is 10.0 Å². The summed E-state index contributed by atoms with van der Waals surface area (Å²) in [6, 6.07) is 8.33. The minimum absolute atomic E-state index is 0.175. The molecular formula is C14H12Br2ClNO2S. The highest BCUT2D eigenvalue weighted by atomic mass is 79.9. The van der Waals surface area contributed by atoms with E-state index in [9.17, 15) is 8.42 Å². The molecule has 21 heavy (non-hydrogen) atoms. The first kappa shape index (κ1) is 16.8. The largest absolute Gasteiger partial charge is 0.279 e. The molecule has 0 radical (unpaired) electrons. The third-order valence-corrected chi connectivity index (χ3v) is 6.35. The average Bonchev–Trinajstić information content (AvgIpc) is 2.37. The lowest BCUT2D eigenvalue weighted by molar-refractivity contribution is 0.600. The summed E-state index contributed by atoms with van der Waals surface area (Å²) in [4.78, 5) is 0.175. The first-order valence-corrected chi connectivity index (χ1v) is 9.40. The number of aryl methyl sites for hydroxylation is 2. The molecule has 0 unspecified atom stereocenters. The molecule has 1 N–H and O–H groups in total. The van der Waals surface area contributed by atoms with E-state index in [0.717, 1.165) is 15.6 Å². The molecule has 2 aromatic rings. The predicted molar refractivity (Wildman–Crippen MR) is 93.6 cm³/mol. The molecule has 0 aliphatic heterocycles. The van der Waals surface area contributed by atoms with Crippen LogP contribution in [0.15, 0.2) is 44.2 Å². The molecule has 0 atom stereocenters. The zero-order valence-corrected chi connectivity index (χ0v) is 16.0. The molecule has 0 heterocycles. The van der Waals surface area contributed by atoms with Gasteiger partial charge in [-0.15, -0.1) is 0 Å². The van der Waals surface area contributed by atoms with Crippen LogP contribution in [0.1, 0.15) is 11.1 Å². The summed E-state index contributed by atoms with van der Waals surface area (Å²) in [6.07, 6.45) is 0. The van der Waals surface area contributed by atoms with Gasteiger partial charge in [0.15, 0.2) is 0 Å². The van der Waals surface area contributed by atoms with Crippen LogP contribution >= 0.6 is 43.5 Å². The Balaban J connectivity index is 2.46. The van der Waals surface area contributed by atoms with Crippen LogP contribution < -0.4 is 4.72 Å². The van der Waals surface area contributed by atoms with Gasteiger partial charge in [-0.1, -0.05) is 27.5 Å². The van der Waals surface area contributed by atoms with Crippen LogP contribution in [-0.4, -0.2) is 8.42 Å². The lowest BCUT2D eigenvalue weighted by atomic mass is 10.2. The quantitative estimate of drug-likeness (QED) is 0.687. The first-order chi connectivity index (χ1) is 9.70. The van der Waals surface area contributed by atoms with Crippen LogP contribution in [0.3, 0.4) is 0 Å². The maximum Gasteiger partial charge on any atom is 0.263 e. The lowest BCUT2D eigenvalue weighted by Crippen LogP contribution is -2.14. The second-order valence-corrected chi connectivity index (χ2v) is 8.39. The fourth-order valence-corrected chi connectivity index (χ4v) is 4.81. The Bertz CT molecular complexity index is 807. The van der Waals surface area contributed by atoms with E-state index in [1.807, 2.05) is 6.92 Å². The predicted octanol–water partition coefficient (Wildman–Crippen LogP) is 5.28. The summed E-state index contributed by atoms with van der Waals surface area (Å²) in [5.41, 5.74) is 2.21. The maximum atomic E-state index is 12.5. The zero-order valence-electron chi connectivity index (χ0n) is 11.2. The third kappa shape index (κ3) is 3.80. The maximum absolute atomic E-state index is 12.5. The molecule has 0 saturated heterocycles. The number of nitrogens with one attached hydrogen (secondary N) is 1. The van der Waals surface area contributed by atoms with Crippen molar-refractivity contribution in [3.05, 3.63) is 55.4 Å². The Morgan fingerprint density at radius 2 is 1.67 bits per heavy atom. The van der Waals surface area contributed by atoms with E-state index in [1.165, 1.54) is 0 Å². The molecule has 0 aromatic heterocycles. The number of sulfonamides is 1. The van der Waals surface area contributed by atoms with Crippen molar-refractivity contribution in [3.8, 4) is 0 Å². The Morgan fingerprint density at radius 3 is 2.29 bits per heavy atom. The summed E-state index contributed by atoms with van der Waals surface area (Å²) in [5, 5.41) is 0.565. The highest BCUT2D eigenvalue weighted by molar-refractivity contribution is 9.11. The summed E-state index contributed by atoms with van der Waals surface area (Å²) < 4.78 is 28.9. The third-order valence-electron chi connectivity index (χ3n) is 2.94. The zero-order chi connectivity index (χ0) is 15.8. The van der Waals surface area contributed by atoms with E-state index in [2.05, 4.69) is 36.6 Å². The lowest BCUT2D eigenvalue weighted by Gasteiger charge is -2.13. The molecule has 0 bridgehead atoms. The Morgan fingerprint density at radius 1 is 1.00 bits per heavy atom. The van der Waals surface area contributed by atoms with Gasteiger partial charge in [0, 0.05) is 14.0 Å². The average molecular weight is 454 g/mol. The molecule has 2 rings (SSSR count). The highest BCUT2D eigenvalue weighted by Crippen LogP contribution is 2.31. The van der Waals surface area contributed by atoms with Crippen molar-refractivity contribution >= 4 is 59.2 Å². The molecule has 0 saturated carbocycles. The molecule has 3 nitrogen and oxygen atoms in total. The molecule has 0 aliphatic carbocycles. The van der Waals surface area contributed by atoms with Gasteiger partial charge in [0.1, 0.15) is 4.90 Å². The van der Waals surface area contributed by atoms with Crippen molar-refractivity contribution in [2.24, 2.45) is 0 Å². The Hall–Kier alpha value is -0.560. The highest BCUT2D eigenvalue weighted by Gasteiger charge is 2.20. The van der Waals surface area contributed by atoms with Gasteiger partial charge < -0.3 is 0 Å². The van der Waals surface area contributed by atoms with Gasteiger partial charge in [0.2, 0.25) is 0 Å². The van der Waals surface area contributed by atoms with E-state index in [1.54, 1.807) is 37.3 Å². The summed E-state index contributed by atoms with van der Waals surface area (Å²) in [5.74, 6) is 0. The van der Waals surface area contributed by atoms with E-state index < -0.39 is 10.0 Å². The molecule has 7 heteroatoms. The first-order valence-electron chi connectivity index (χ1n) is 5.95. The monoisotopic (exact) mass is 451 g/mol. The Kier molecular flexibility index (Phi) is 5.03. The second kappa shape index (κ2) is 6.28. The van der Waals surface area contributed by atoms with E-state index in [0.29, 0.717) is 15.2 Å². The van der Waals surface area contributed by atoms with Crippen molar-refractivity contribution in [1.29, 1.82) is 0 Å². The molecule has 112 valence electrons. The van der Waals surface area contributed by atoms with Crippen molar-refractivity contribution in [2.45, 2.75) is 18.7 Å². The van der Waals surface area contributed by atoms with Crippen LogP contribution in [0.4, 0.5) is 5.69 Å². The van der Waals surface area contributed by atoms with Crippen LogP contribution in [0, 0.1) is 13.8 Å². The molecule has 2 aromatic carbocycles. The fourth-order valence-electron chi connectivity index (χ4n) is 1.78. The topological polar surface area (TPSA) is 46.2 Å². The van der Waals surface area contributed by atoms with Gasteiger partial charge in [-0.05, 0) is 71.2 Å². The molecule has 0 amide bonds. The molecule has 0 spiro atoms. The minimum atomic E-state index is -3.69. The number of benzene rings is 2. The van der Waals surface area contributed by atoms with Crippen LogP contribution in [0.2, 0.25) is 5.02 Å². The van der Waals surface area contributed by atoms with Gasteiger partial charge in [-0.2, -0.15) is 0 Å². The SMILES string of the molecule is Cc1cc(Br)c(S(=O)(=O)Nc2ccc(Cl)cc2C)cc1Br. The summed E-state index contributed by atoms with van der Waals surface area (Å²) in [6.45, 7) is 3.69. The summed E-state index contributed by atoms with van der Waals surface area (Å²) >= 11 is 12.5. The van der Waals surface area contributed by atoms with Crippen LogP contribution in [0.25, 0.3) is 0 Å². The minimum Gasteiger partial charge on any atom is -0.279 e. The fraction of sp³-hybridized carbons (Fsp3) is 0.143. The van der Waals surface area contributed by atoms with Gasteiger partial charge in [0.05, 0.1) is 5.69 Å². The van der Waals surface area contributed by atoms with Gasteiger partial charge in [-0.25, -0.2) is 8.42 Å². The van der Waals surface area contributed by atoms with Gasteiger partial charge >= 0.3 is 0 Å². The van der Waals surface area contributed by atoms with Gasteiger partial charge in [-0.3, -0.25) is 4.72 Å². The normalized spacial score (nSPS) is 11.5. The number of hydrogen-bond acceptors (Lipinski definition) is 2. The number of halogens is 3. The standard InChI is InChI=1S/C14H12Br2ClNO2S/c1-8-6-12(16)14(7-11(8)15)21(19,20)18-13-4-3-10(17)5-9(13)2/h3-7,18H,1-2H3. The van der Waals surface area contributed by atoms with Crippen LogP contribution in [0.5, 0.6) is 0 Å². The van der Waals surface area contributed by atoms with Crippen molar-refractivity contribution in [3.63, 3.8) is 0 Å². The summed E-state index contributed by atoms with van der Waals surface area (Å²) in [7, 11) is -3.69. The number of rotatable bonds is 3. The Labute approximate surface area is 146 Å². The smallest absolute Gasteiger partial charge is 0.263 e. The van der Waals surface area contributed by atoms with E-state index in [-0.39, 0.29) is 4.90 Å². The van der Waals surface area contributed by atoms with Gasteiger partial charge in [0.25, 0.3) is 10.0 Å². The van der Waals surface area contributed by atoms with Crippen molar-refractivity contribution in [1.82, 2.24) is 0 Å². The molecule has 0 fully saturated rings. The van der Waals surface area contributed by atoms with Crippen molar-refractivity contribution in [2.75, 3.05) is 4.72 Å². The molecular weight excluding hydrogens is 441 g/mol. The number of hydrogen-bond donors (Lipinski definition) is 1. The molecule has 0 aliphatic rings. The van der Waals surface area contributed by atoms with E-state index in [4.69, 9.17) is 11.6 Å². The van der Waals surface area contributed by atoms with E-state index >= 15 is 0 Å². The number of anilines is 1. The second-order valence-electron chi connectivity index (χ2n) is 4.60.